The second-order valence-corrected chi connectivity index (χ2v) is 8.85. The lowest BCUT2D eigenvalue weighted by atomic mass is 9.94. The van der Waals surface area contributed by atoms with Crippen LogP contribution in [0.5, 0.6) is 0 Å². The fraction of sp³-hybridized carbons (Fsp3) is 0.609. The number of aliphatic hydroxyl groups is 1. The molecule has 2 aliphatic rings. The van der Waals surface area contributed by atoms with E-state index in [4.69, 9.17) is 16.3 Å². The molecule has 2 fully saturated rings. The number of aliphatic hydroxyl groups excluding tert-OH is 1. The highest BCUT2D eigenvalue weighted by Gasteiger charge is 2.38. The minimum absolute atomic E-state index is 0.139. The maximum atomic E-state index is 12.2. The Bertz CT molecular complexity index is 706. The van der Waals surface area contributed by atoms with Crippen LogP contribution in [-0.2, 0) is 16.0 Å². The van der Waals surface area contributed by atoms with Crippen LogP contribution in [0.3, 0.4) is 0 Å². The van der Waals surface area contributed by atoms with E-state index in [0.717, 1.165) is 50.5 Å². The molecule has 30 heavy (non-hydrogen) atoms. The predicted octanol–water partition coefficient (Wildman–Crippen LogP) is 2.75. The van der Waals surface area contributed by atoms with Crippen LogP contribution in [0.15, 0.2) is 36.9 Å². The van der Waals surface area contributed by atoms with Crippen LogP contribution in [0.2, 0.25) is 5.02 Å². The van der Waals surface area contributed by atoms with E-state index < -0.39 is 6.41 Å². The minimum Gasteiger partial charge on any atom is -0.356 e. The summed E-state index contributed by atoms with van der Waals surface area (Å²) in [6, 6.07) is 8.91. The van der Waals surface area contributed by atoms with Crippen molar-refractivity contribution < 1.29 is 14.6 Å². The fourth-order valence-electron chi connectivity index (χ4n) is 4.72. The molecule has 0 bridgehead atoms. The lowest BCUT2D eigenvalue weighted by molar-refractivity contribution is -0.195. The van der Waals surface area contributed by atoms with E-state index in [-0.39, 0.29) is 18.0 Å². The Labute approximate surface area is 185 Å². The molecule has 166 valence electrons. The monoisotopic (exact) mass is 435 g/mol. The Kier molecular flexibility index (Phi) is 8.31. The quantitative estimate of drug-likeness (QED) is 0.527. The Morgan fingerprint density at radius 2 is 1.97 bits per heavy atom. The van der Waals surface area contributed by atoms with Gasteiger partial charge in [-0.15, -0.1) is 6.58 Å². The van der Waals surface area contributed by atoms with E-state index in [1.165, 1.54) is 5.56 Å². The van der Waals surface area contributed by atoms with Gasteiger partial charge in [-0.3, -0.25) is 14.6 Å². The predicted molar refractivity (Wildman–Crippen MR) is 119 cm³/mol. The molecule has 1 amide bonds. The number of rotatable bonds is 7. The molecule has 0 aliphatic carbocycles. The van der Waals surface area contributed by atoms with Crippen molar-refractivity contribution in [3.8, 4) is 0 Å². The molecular weight excluding hydrogens is 402 g/mol. The number of likely N-dealkylation sites (tertiary alicyclic amines) is 1. The van der Waals surface area contributed by atoms with Crippen LogP contribution in [0, 0.1) is 0 Å². The molecule has 0 radical (unpaired) electrons. The Morgan fingerprint density at radius 3 is 2.57 bits per heavy atom. The molecule has 0 aromatic heterocycles. The third-order valence-electron chi connectivity index (χ3n) is 6.32. The van der Waals surface area contributed by atoms with E-state index in [9.17, 15) is 9.90 Å². The molecule has 7 heteroatoms. The SMILES string of the molecule is C=CCOC(O)N1CCC(N2C[C@H](C)N(C(C)=O)CC2Cc2ccc(Cl)cc2)CC1. The standard InChI is InChI=1S/C23H34ClN3O3/c1-4-13-30-23(29)25-11-9-21(10-12-25)27-15-17(2)26(18(3)28)16-22(27)14-19-5-7-20(24)8-6-19/h4-8,17,21-23,29H,1,9-16H2,2-3H3/t17-,22?,23?/m0/s1. The summed E-state index contributed by atoms with van der Waals surface area (Å²) in [4.78, 5) is 18.7. The number of ether oxygens (including phenoxy) is 1. The highest BCUT2D eigenvalue weighted by molar-refractivity contribution is 6.30. The smallest absolute Gasteiger partial charge is 0.219 e. The summed E-state index contributed by atoms with van der Waals surface area (Å²) in [6.07, 6.45) is 3.60. The van der Waals surface area contributed by atoms with Crippen molar-refractivity contribution in [2.75, 3.05) is 32.8 Å². The second-order valence-electron chi connectivity index (χ2n) is 8.42. The van der Waals surface area contributed by atoms with Gasteiger partial charge in [-0.05, 0) is 43.9 Å². The van der Waals surface area contributed by atoms with E-state index in [1.54, 1.807) is 13.0 Å². The summed E-state index contributed by atoms with van der Waals surface area (Å²) in [6.45, 7) is 11.0. The number of nitrogens with zero attached hydrogens (tertiary/aromatic N) is 3. The largest absolute Gasteiger partial charge is 0.356 e. The summed E-state index contributed by atoms with van der Waals surface area (Å²) < 4.78 is 5.37. The number of hydrogen-bond donors (Lipinski definition) is 1. The van der Waals surface area contributed by atoms with Gasteiger partial charge < -0.3 is 14.7 Å². The molecule has 3 rings (SSSR count). The van der Waals surface area contributed by atoms with Crippen LogP contribution in [-0.4, -0.2) is 83.0 Å². The Balaban J connectivity index is 1.68. The first-order chi connectivity index (χ1) is 14.4. The van der Waals surface area contributed by atoms with Gasteiger partial charge >= 0.3 is 0 Å². The molecule has 2 unspecified atom stereocenters. The molecule has 2 heterocycles. The first kappa shape index (κ1) is 23.2. The van der Waals surface area contributed by atoms with Crippen molar-refractivity contribution in [2.24, 2.45) is 0 Å². The number of carbonyl (C=O) groups excluding carboxylic acids is 1. The highest BCUT2D eigenvalue weighted by Crippen LogP contribution is 2.27. The van der Waals surface area contributed by atoms with Gasteiger partial charge in [-0.2, -0.15) is 0 Å². The third kappa shape index (κ3) is 5.83. The summed E-state index contributed by atoms with van der Waals surface area (Å²) in [5, 5.41) is 10.9. The topological polar surface area (TPSA) is 56.3 Å². The van der Waals surface area contributed by atoms with Gasteiger partial charge in [0.1, 0.15) is 0 Å². The summed E-state index contributed by atoms with van der Waals surface area (Å²) in [5.41, 5.74) is 1.23. The van der Waals surface area contributed by atoms with Gasteiger partial charge in [0, 0.05) is 56.3 Å². The number of carbonyl (C=O) groups is 1. The molecule has 6 nitrogen and oxygen atoms in total. The molecule has 1 aromatic carbocycles. The van der Waals surface area contributed by atoms with Crippen molar-refractivity contribution in [3.63, 3.8) is 0 Å². The van der Waals surface area contributed by atoms with E-state index in [2.05, 4.69) is 30.5 Å². The van der Waals surface area contributed by atoms with Crippen LogP contribution >= 0.6 is 11.6 Å². The van der Waals surface area contributed by atoms with Crippen LogP contribution < -0.4 is 0 Å². The van der Waals surface area contributed by atoms with Crippen LogP contribution in [0.4, 0.5) is 0 Å². The molecule has 2 aliphatic heterocycles. The second kappa shape index (κ2) is 10.7. The molecule has 1 aromatic rings. The van der Waals surface area contributed by atoms with Gasteiger partial charge in [-0.1, -0.05) is 29.8 Å². The number of hydrogen-bond acceptors (Lipinski definition) is 5. The van der Waals surface area contributed by atoms with E-state index in [1.807, 2.05) is 21.9 Å². The number of piperidine rings is 1. The molecule has 3 atom stereocenters. The molecule has 1 N–H and O–H groups in total. The minimum atomic E-state index is -0.873. The molecule has 2 saturated heterocycles. The first-order valence-electron chi connectivity index (χ1n) is 10.8. The average Bonchev–Trinajstić information content (AvgIpc) is 2.74. The van der Waals surface area contributed by atoms with E-state index >= 15 is 0 Å². The summed E-state index contributed by atoms with van der Waals surface area (Å²) in [7, 11) is 0. The van der Waals surface area contributed by atoms with Gasteiger partial charge in [0.25, 0.3) is 0 Å². The Hall–Kier alpha value is -1.44. The first-order valence-corrected chi connectivity index (χ1v) is 11.2. The van der Waals surface area contributed by atoms with Crippen LogP contribution in [0.1, 0.15) is 32.3 Å². The van der Waals surface area contributed by atoms with Crippen LogP contribution in [0.25, 0.3) is 0 Å². The van der Waals surface area contributed by atoms with Gasteiger partial charge in [0.2, 0.25) is 12.3 Å². The number of benzene rings is 1. The normalized spacial score (nSPS) is 25.3. The van der Waals surface area contributed by atoms with Gasteiger partial charge in [0.05, 0.1) is 6.61 Å². The number of halogens is 1. The van der Waals surface area contributed by atoms with Crippen molar-refractivity contribution in [2.45, 2.75) is 57.6 Å². The summed E-state index contributed by atoms with van der Waals surface area (Å²) in [5.74, 6) is 0.139. The van der Waals surface area contributed by atoms with E-state index in [0.29, 0.717) is 12.6 Å². The lowest BCUT2D eigenvalue weighted by Gasteiger charge is -2.50. The number of piperazine rings is 1. The van der Waals surface area contributed by atoms with Crippen molar-refractivity contribution in [1.82, 2.24) is 14.7 Å². The highest BCUT2D eigenvalue weighted by atomic mass is 35.5. The zero-order valence-corrected chi connectivity index (χ0v) is 18.8. The van der Waals surface area contributed by atoms with Crippen molar-refractivity contribution in [3.05, 3.63) is 47.5 Å². The maximum absolute atomic E-state index is 12.2. The lowest BCUT2D eigenvalue weighted by Crippen LogP contribution is -2.63. The molecule has 0 saturated carbocycles. The summed E-state index contributed by atoms with van der Waals surface area (Å²) >= 11 is 6.06. The average molecular weight is 436 g/mol. The zero-order valence-electron chi connectivity index (χ0n) is 18.0. The fourth-order valence-corrected chi connectivity index (χ4v) is 4.85. The van der Waals surface area contributed by atoms with Gasteiger partial charge in [0.15, 0.2) is 0 Å². The molecule has 0 spiro atoms. The third-order valence-corrected chi connectivity index (χ3v) is 6.57. The van der Waals surface area contributed by atoms with Crippen molar-refractivity contribution in [1.29, 1.82) is 0 Å². The molecular formula is C23H34ClN3O3. The zero-order chi connectivity index (χ0) is 21.7. The van der Waals surface area contributed by atoms with Gasteiger partial charge in [-0.25, -0.2) is 0 Å². The maximum Gasteiger partial charge on any atom is 0.219 e. The number of amides is 1. The Morgan fingerprint density at radius 1 is 1.30 bits per heavy atom. The van der Waals surface area contributed by atoms with Crippen molar-refractivity contribution >= 4 is 17.5 Å².